The Morgan fingerprint density at radius 2 is 1.76 bits per heavy atom. The molecule has 2 heterocycles. The molecule has 1 aliphatic carbocycles. The number of primary amides is 1. The first-order valence-electron chi connectivity index (χ1n) is 12.5. The van der Waals surface area contributed by atoms with Gasteiger partial charge in [0.25, 0.3) is 5.91 Å². The number of piperazine rings is 1. The molecule has 0 radical (unpaired) electrons. The molecule has 10 heteroatoms. The summed E-state index contributed by atoms with van der Waals surface area (Å²) in [5.41, 5.74) is 9.92. The van der Waals surface area contributed by atoms with Gasteiger partial charge in [-0.15, -0.1) is 0 Å². The number of hydrogen-bond acceptors (Lipinski definition) is 8. The first kappa shape index (κ1) is 25.2. The quantitative estimate of drug-likeness (QED) is 0.442. The zero-order valence-electron chi connectivity index (χ0n) is 20.9. The van der Waals surface area contributed by atoms with E-state index in [0.717, 1.165) is 55.8 Å². The number of carbonyl (C=O) groups is 1. The van der Waals surface area contributed by atoms with Gasteiger partial charge >= 0.3 is 0 Å². The lowest BCUT2D eigenvalue weighted by molar-refractivity contribution is 0.0998. The number of rotatable bonds is 9. The van der Waals surface area contributed by atoms with Gasteiger partial charge in [-0.25, -0.2) is 18.4 Å². The molecule has 2 aliphatic rings. The highest BCUT2D eigenvalue weighted by atomic mass is 32.2. The van der Waals surface area contributed by atoms with Crippen molar-refractivity contribution in [2.45, 2.75) is 30.3 Å². The Hall–Kier alpha value is -3.50. The standard InChI is InChI=1S/C27H32N6O3S/c1-32-11-13-33(14-12-32)22-7-5-21(6-8-22)30-27-29-17-24(26(28)34)25(31-27)16-19-3-2-4-20(15-19)18-37(35,36)23-9-10-23/h2-8,15,17,23H,9-14,16,18H2,1H3,(H2,28,34)(H,29,30,31). The number of likely N-dealkylation sites (N-methyl/N-ethyl adjacent to an activating group) is 1. The molecule has 2 aromatic carbocycles. The summed E-state index contributed by atoms with van der Waals surface area (Å²) in [7, 11) is -0.983. The number of sulfone groups is 1. The van der Waals surface area contributed by atoms with Crippen molar-refractivity contribution < 1.29 is 13.2 Å². The molecule has 1 saturated heterocycles. The van der Waals surface area contributed by atoms with Crippen LogP contribution in [-0.4, -0.2) is 67.7 Å². The van der Waals surface area contributed by atoms with Crippen LogP contribution in [0, 0.1) is 0 Å². The van der Waals surface area contributed by atoms with E-state index in [0.29, 0.717) is 18.1 Å². The van der Waals surface area contributed by atoms with Gasteiger partial charge in [-0.05, 0) is 55.3 Å². The number of nitrogens with two attached hydrogens (primary N) is 1. The molecular formula is C27H32N6O3S. The molecule has 1 aromatic heterocycles. The fourth-order valence-corrected chi connectivity index (χ4v) is 6.30. The van der Waals surface area contributed by atoms with E-state index in [1.54, 1.807) is 0 Å². The van der Waals surface area contributed by atoms with E-state index in [1.165, 1.54) is 11.9 Å². The van der Waals surface area contributed by atoms with Gasteiger partial charge in [0.1, 0.15) is 0 Å². The van der Waals surface area contributed by atoms with Gasteiger partial charge in [-0.1, -0.05) is 24.3 Å². The zero-order valence-corrected chi connectivity index (χ0v) is 21.7. The number of hydrogen-bond donors (Lipinski definition) is 2. The maximum atomic E-state index is 12.4. The molecule has 3 aromatic rings. The van der Waals surface area contributed by atoms with Crippen LogP contribution in [0.1, 0.15) is 40.0 Å². The number of nitrogens with one attached hydrogen (secondary N) is 1. The molecule has 1 saturated carbocycles. The highest BCUT2D eigenvalue weighted by Crippen LogP contribution is 2.31. The summed E-state index contributed by atoms with van der Waals surface area (Å²) < 4.78 is 24.8. The molecule has 0 bridgehead atoms. The van der Waals surface area contributed by atoms with Crippen LogP contribution < -0.4 is 16.0 Å². The number of carbonyl (C=O) groups excluding carboxylic acids is 1. The van der Waals surface area contributed by atoms with Crippen molar-refractivity contribution in [1.29, 1.82) is 0 Å². The lowest BCUT2D eigenvalue weighted by Crippen LogP contribution is -2.44. The minimum Gasteiger partial charge on any atom is -0.369 e. The van der Waals surface area contributed by atoms with E-state index in [4.69, 9.17) is 5.73 Å². The predicted octanol–water partition coefficient (Wildman–Crippen LogP) is 2.74. The van der Waals surface area contributed by atoms with Gasteiger partial charge in [0.15, 0.2) is 9.84 Å². The Balaban J connectivity index is 1.31. The number of amides is 1. The Labute approximate surface area is 217 Å². The number of aromatic nitrogens is 2. The number of nitrogens with zero attached hydrogens (tertiary/aromatic N) is 4. The first-order chi connectivity index (χ1) is 17.8. The zero-order chi connectivity index (χ0) is 26.0. The highest BCUT2D eigenvalue weighted by molar-refractivity contribution is 7.91. The summed E-state index contributed by atoms with van der Waals surface area (Å²) >= 11 is 0. The van der Waals surface area contributed by atoms with Crippen LogP contribution in [0.25, 0.3) is 0 Å². The summed E-state index contributed by atoms with van der Waals surface area (Å²) in [6, 6.07) is 15.5. The van der Waals surface area contributed by atoms with Crippen molar-refractivity contribution in [3.05, 3.63) is 77.1 Å². The highest BCUT2D eigenvalue weighted by Gasteiger charge is 2.35. The van der Waals surface area contributed by atoms with Gasteiger partial charge in [-0.3, -0.25) is 4.79 Å². The molecule has 0 atom stereocenters. The predicted molar refractivity (Wildman–Crippen MR) is 145 cm³/mol. The summed E-state index contributed by atoms with van der Waals surface area (Å²) in [5.74, 6) is -0.222. The SMILES string of the molecule is CN1CCN(c2ccc(Nc3ncc(C(N)=O)c(Cc4cccc(CS(=O)(=O)C5CC5)c4)n3)cc2)CC1. The lowest BCUT2D eigenvalue weighted by Gasteiger charge is -2.34. The van der Waals surface area contributed by atoms with Crippen LogP contribution >= 0.6 is 0 Å². The average molecular weight is 521 g/mol. The van der Waals surface area contributed by atoms with E-state index in [2.05, 4.69) is 44.3 Å². The first-order valence-corrected chi connectivity index (χ1v) is 14.2. The number of benzene rings is 2. The minimum atomic E-state index is -3.12. The Kier molecular flexibility index (Phi) is 7.12. The van der Waals surface area contributed by atoms with Crippen molar-refractivity contribution in [3.8, 4) is 0 Å². The van der Waals surface area contributed by atoms with Crippen LogP contribution in [0.3, 0.4) is 0 Å². The third-order valence-electron chi connectivity index (χ3n) is 6.89. The molecule has 3 N–H and O–H groups in total. The van der Waals surface area contributed by atoms with E-state index >= 15 is 0 Å². The topological polar surface area (TPSA) is 122 Å². The molecule has 1 amide bonds. The molecular weight excluding hydrogens is 488 g/mol. The Bertz CT molecular complexity index is 1380. The summed E-state index contributed by atoms with van der Waals surface area (Å²) in [5, 5.41) is 3.01. The third-order valence-corrected chi connectivity index (χ3v) is 9.11. The Morgan fingerprint density at radius 3 is 2.43 bits per heavy atom. The summed E-state index contributed by atoms with van der Waals surface area (Å²) in [6.07, 6.45) is 3.26. The van der Waals surface area contributed by atoms with Crippen molar-refractivity contribution in [1.82, 2.24) is 14.9 Å². The maximum Gasteiger partial charge on any atom is 0.252 e. The maximum absolute atomic E-state index is 12.4. The van der Waals surface area contributed by atoms with Crippen molar-refractivity contribution in [2.75, 3.05) is 43.4 Å². The van der Waals surface area contributed by atoms with E-state index in [1.807, 2.05) is 36.4 Å². The van der Waals surface area contributed by atoms with E-state index in [-0.39, 0.29) is 16.6 Å². The van der Waals surface area contributed by atoms with Crippen LogP contribution in [-0.2, 0) is 22.0 Å². The second kappa shape index (κ2) is 10.5. The van der Waals surface area contributed by atoms with Gasteiger partial charge < -0.3 is 20.9 Å². The van der Waals surface area contributed by atoms with Crippen LogP contribution in [0.5, 0.6) is 0 Å². The summed E-state index contributed by atoms with van der Waals surface area (Å²) in [6.45, 7) is 4.08. The third kappa shape index (κ3) is 6.26. The van der Waals surface area contributed by atoms with Crippen molar-refractivity contribution in [2.24, 2.45) is 5.73 Å². The fraction of sp³-hybridized carbons (Fsp3) is 0.370. The Morgan fingerprint density at radius 1 is 1.05 bits per heavy atom. The number of anilines is 3. The largest absolute Gasteiger partial charge is 0.369 e. The molecule has 194 valence electrons. The smallest absolute Gasteiger partial charge is 0.252 e. The monoisotopic (exact) mass is 520 g/mol. The van der Waals surface area contributed by atoms with Gasteiger partial charge in [-0.2, -0.15) is 0 Å². The van der Waals surface area contributed by atoms with E-state index < -0.39 is 15.7 Å². The fourth-order valence-electron chi connectivity index (χ4n) is 4.57. The van der Waals surface area contributed by atoms with Gasteiger partial charge in [0.05, 0.1) is 22.3 Å². The second-order valence-electron chi connectivity index (χ2n) is 9.88. The average Bonchev–Trinajstić information content (AvgIpc) is 3.72. The van der Waals surface area contributed by atoms with Gasteiger partial charge in [0, 0.05) is 50.2 Å². The molecule has 1 aliphatic heterocycles. The molecule has 0 unspecified atom stereocenters. The van der Waals surface area contributed by atoms with Crippen LogP contribution in [0.15, 0.2) is 54.7 Å². The lowest BCUT2D eigenvalue weighted by atomic mass is 10.0. The minimum absolute atomic E-state index is 0.0227. The molecule has 9 nitrogen and oxygen atoms in total. The normalized spacial score (nSPS) is 16.5. The summed E-state index contributed by atoms with van der Waals surface area (Å²) in [4.78, 5) is 25.6. The van der Waals surface area contributed by atoms with Crippen LogP contribution in [0.4, 0.5) is 17.3 Å². The molecule has 2 fully saturated rings. The van der Waals surface area contributed by atoms with Gasteiger partial charge in [0.2, 0.25) is 5.95 Å². The molecule has 37 heavy (non-hydrogen) atoms. The van der Waals surface area contributed by atoms with Crippen molar-refractivity contribution in [3.63, 3.8) is 0 Å². The molecule has 0 spiro atoms. The van der Waals surface area contributed by atoms with E-state index in [9.17, 15) is 13.2 Å². The molecule has 5 rings (SSSR count). The second-order valence-corrected chi connectivity index (χ2v) is 12.2. The van der Waals surface area contributed by atoms with Crippen LogP contribution in [0.2, 0.25) is 0 Å². The van der Waals surface area contributed by atoms with Crippen molar-refractivity contribution >= 4 is 33.1 Å².